The number of hydrogen-bond acceptors (Lipinski definition) is 3. The Morgan fingerprint density at radius 3 is 2.38 bits per heavy atom. The van der Waals surface area contributed by atoms with Gasteiger partial charge in [0.25, 0.3) is 0 Å². The molecule has 0 fully saturated rings. The minimum absolute atomic E-state index is 0.612. The number of rotatable bonds is 4. The van der Waals surface area contributed by atoms with Crippen molar-refractivity contribution < 1.29 is 0 Å². The van der Waals surface area contributed by atoms with Crippen LogP contribution in [0.5, 0.6) is 0 Å². The van der Waals surface area contributed by atoms with E-state index in [4.69, 9.17) is 5.73 Å². The average Bonchev–Trinajstić information content (AvgIpc) is 2.51. The summed E-state index contributed by atoms with van der Waals surface area (Å²) in [7, 11) is 0. The molecule has 0 bridgehead atoms. The van der Waals surface area contributed by atoms with Crippen molar-refractivity contribution >= 4 is 11.5 Å². The van der Waals surface area contributed by atoms with Gasteiger partial charge in [-0.2, -0.15) is 5.10 Å². The number of nitrogens with zero attached hydrogens (tertiary/aromatic N) is 2. The number of aryl methyl sites for hydroxylation is 1. The summed E-state index contributed by atoms with van der Waals surface area (Å²) in [5.41, 5.74) is 7.99. The topological polar surface area (TPSA) is 57.9 Å². The van der Waals surface area contributed by atoms with E-state index in [0.717, 1.165) is 30.9 Å². The van der Waals surface area contributed by atoms with Gasteiger partial charge in [0.15, 0.2) is 5.82 Å². The van der Waals surface area contributed by atoms with E-state index in [1.54, 1.807) is 0 Å². The van der Waals surface area contributed by atoms with E-state index in [0.29, 0.717) is 5.82 Å². The first kappa shape index (κ1) is 9.89. The van der Waals surface area contributed by atoms with E-state index in [1.165, 1.54) is 0 Å². The van der Waals surface area contributed by atoms with E-state index in [-0.39, 0.29) is 0 Å². The average molecular weight is 182 g/mol. The van der Waals surface area contributed by atoms with Crippen LogP contribution in [0.25, 0.3) is 0 Å². The van der Waals surface area contributed by atoms with Gasteiger partial charge in [-0.3, -0.25) is 5.10 Å². The molecule has 13 heavy (non-hydrogen) atoms. The van der Waals surface area contributed by atoms with Crippen LogP contribution in [0, 0.1) is 0 Å². The molecule has 0 saturated heterocycles. The quantitative estimate of drug-likeness (QED) is 0.740. The largest absolute Gasteiger partial charge is 0.380 e. The van der Waals surface area contributed by atoms with Gasteiger partial charge in [0.05, 0.1) is 5.69 Å². The summed E-state index contributed by atoms with van der Waals surface area (Å²) in [6.45, 7) is 8.27. The lowest BCUT2D eigenvalue weighted by Crippen LogP contribution is -2.23. The van der Waals surface area contributed by atoms with Gasteiger partial charge in [-0.25, -0.2) is 0 Å². The first-order valence-corrected chi connectivity index (χ1v) is 4.82. The van der Waals surface area contributed by atoms with Crippen LogP contribution in [0.2, 0.25) is 0 Å². The zero-order chi connectivity index (χ0) is 9.84. The maximum Gasteiger partial charge on any atom is 0.169 e. The molecule has 0 radical (unpaired) electrons. The molecule has 3 N–H and O–H groups in total. The molecule has 1 aromatic heterocycles. The maximum absolute atomic E-state index is 5.78. The van der Waals surface area contributed by atoms with E-state index in [2.05, 4.69) is 35.9 Å². The van der Waals surface area contributed by atoms with Crippen LogP contribution in [0.4, 0.5) is 11.5 Å². The van der Waals surface area contributed by atoms with Crippen LogP contribution in [0.3, 0.4) is 0 Å². The minimum Gasteiger partial charge on any atom is -0.380 e. The summed E-state index contributed by atoms with van der Waals surface area (Å²) in [6, 6.07) is 0. The second-order valence-electron chi connectivity index (χ2n) is 2.96. The number of anilines is 2. The van der Waals surface area contributed by atoms with Crippen LogP contribution in [0.15, 0.2) is 0 Å². The second kappa shape index (κ2) is 4.16. The Labute approximate surface area is 79.1 Å². The molecule has 1 rings (SSSR count). The number of aromatic nitrogens is 2. The summed E-state index contributed by atoms with van der Waals surface area (Å²) in [5, 5.41) is 6.97. The monoisotopic (exact) mass is 182 g/mol. The molecule has 0 atom stereocenters. The summed E-state index contributed by atoms with van der Waals surface area (Å²) in [6.07, 6.45) is 0.941. The maximum atomic E-state index is 5.78. The lowest BCUT2D eigenvalue weighted by molar-refractivity contribution is 0.854. The van der Waals surface area contributed by atoms with Crippen molar-refractivity contribution in [2.75, 3.05) is 23.7 Å². The lowest BCUT2D eigenvalue weighted by Gasteiger charge is -2.20. The molecule has 4 heteroatoms. The first-order valence-electron chi connectivity index (χ1n) is 4.82. The van der Waals surface area contributed by atoms with Crippen molar-refractivity contribution in [3.8, 4) is 0 Å². The van der Waals surface area contributed by atoms with Crippen molar-refractivity contribution in [3.63, 3.8) is 0 Å². The van der Waals surface area contributed by atoms with Crippen molar-refractivity contribution in [1.29, 1.82) is 0 Å². The Hall–Kier alpha value is -1.19. The summed E-state index contributed by atoms with van der Waals surface area (Å²) in [5.74, 6) is 0.612. The molecule has 4 nitrogen and oxygen atoms in total. The fourth-order valence-electron chi connectivity index (χ4n) is 1.53. The number of aromatic amines is 1. The highest BCUT2D eigenvalue weighted by Gasteiger charge is 2.13. The van der Waals surface area contributed by atoms with E-state index in [9.17, 15) is 0 Å². The highest BCUT2D eigenvalue weighted by atomic mass is 15.2. The van der Waals surface area contributed by atoms with E-state index < -0.39 is 0 Å². The van der Waals surface area contributed by atoms with Gasteiger partial charge >= 0.3 is 0 Å². The Bertz CT molecular complexity index is 263. The highest BCUT2D eigenvalue weighted by Crippen LogP contribution is 2.25. The summed E-state index contributed by atoms with van der Waals surface area (Å²) in [4.78, 5) is 2.22. The van der Waals surface area contributed by atoms with E-state index >= 15 is 0 Å². The molecule has 74 valence electrons. The van der Waals surface area contributed by atoms with Crippen molar-refractivity contribution in [3.05, 3.63) is 5.69 Å². The molecule has 0 spiro atoms. The molecule has 1 heterocycles. The van der Waals surface area contributed by atoms with Crippen LogP contribution in [0.1, 0.15) is 26.5 Å². The fourth-order valence-corrected chi connectivity index (χ4v) is 1.53. The summed E-state index contributed by atoms with van der Waals surface area (Å²) < 4.78 is 0. The predicted molar refractivity (Wildman–Crippen MR) is 55.9 cm³/mol. The number of nitrogen functional groups attached to an aromatic ring is 1. The third-order valence-corrected chi connectivity index (χ3v) is 2.27. The fraction of sp³-hybridized carbons (Fsp3) is 0.667. The molecule has 1 aromatic rings. The van der Waals surface area contributed by atoms with Crippen molar-refractivity contribution in [2.24, 2.45) is 0 Å². The Kier molecular flexibility index (Phi) is 3.17. The zero-order valence-corrected chi connectivity index (χ0v) is 8.59. The van der Waals surface area contributed by atoms with Gasteiger partial charge in [-0.1, -0.05) is 6.92 Å². The van der Waals surface area contributed by atoms with Gasteiger partial charge in [0, 0.05) is 13.1 Å². The number of H-pyrrole nitrogens is 1. The standard InChI is InChI=1S/C9H18N4/c1-4-7-8(9(10)12-11-7)13(5-2)6-3/h4-6H2,1-3H3,(H3,10,11,12). The highest BCUT2D eigenvalue weighted by molar-refractivity contribution is 5.66. The van der Waals surface area contributed by atoms with Crippen molar-refractivity contribution in [2.45, 2.75) is 27.2 Å². The molecule has 0 aliphatic heterocycles. The Morgan fingerprint density at radius 1 is 1.31 bits per heavy atom. The van der Waals surface area contributed by atoms with Crippen LogP contribution >= 0.6 is 0 Å². The van der Waals surface area contributed by atoms with Gasteiger partial charge in [0.1, 0.15) is 5.69 Å². The number of hydrogen-bond donors (Lipinski definition) is 2. The Morgan fingerprint density at radius 2 is 1.92 bits per heavy atom. The van der Waals surface area contributed by atoms with E-state index in [1.807, 2.05) is 0 Å². The van der Waals surface area contributed by atoms with Gasteiger partial charge < -0.3 is 10.6 Å². The minimum atomic E-state index is 0.612. The molecule has 0 unspecified atom stereocenters. The molecule has 0 saturated carbocycles. The second-order valence-corrected chi connectivity index (χ2v) is 2.96. The van der Waals surface area contributed by atoms with Gasteiger partial charge in [0.2, 0.25) is 0 Å². The number of nitrogens with two attached hydrogens (primary N) is 1. The molecule has 0 amide bonds. The molecule has 0 aromatic carbocycles. The van der Waals surface area contributed by atoms with Gasteiger partial charge in [-0.15, -0.1) is 0 Å². The Balaban J connectivity index is 3.01. The molecular weight excluding hydrogens is 164 g/mol. The molecule has 0 aliphatic carbocycles. The smallest absolute Gasteiger partial charge is 0.169 e. The van der Waals surface area contributed by atoms with Crippen molar-refractivity contribution in [1.82, 2.24) is 10.2 Å². The predicted octanol–water partition coefficient (Wildman–Crippen LogP) is 1.40. The third-order valence-electron chi connectivity index (χ3n) is 2.27. The lowest BCUT2D eigenvalue weighted by atomic mass is 10.2. The molecule has 0 aliphatic rings. The van der Waals surface area contributed by atoms with Crippen LogP contribution in [-0.4, -0.2) is 23.3 Å². The number of nitrogens with one attached hydrogen (secondary N) is 1. The van der Waals surface area contributed by atoms with Crippen LogP contribution < -0.4 is 10.6 Å². The van der Waals surface area contributed by atoms with Crippen LogP contribution in [-0.2, 0) is 6.42 Å². The molecular formula is C9H18N4. The first-order chi connectivity index (χ1) is 6.24. The zero-order valence-electron chi connectivity index (χ0n) is 8.59. The summed E-state index contributed by atoms with van der Waals surface area (Å²) >= 11 is 0. The third kappa shape index (κ3) is 1.76. The SMILES string of the molecule is CCc1[nH]nc(N)c1N(CC)CC. The van der Waals surface area contributed by atoms with Gasteiger partial charge in [-0.05, 0) is 20.3 Å². The normalized spacial score (nSPS) is 10.4.